The molecule has 168 valence electrons. The summed E-state index contributed by atoms with van der Waals surface area (Å²) in [6.45, 7) is 4.00. The fraction of sp³-hybridized carbons (Fsp3) is 0.364. The van der Waals surface area contributed by atoms with Crippen molar-refractivity contribution in [2.75, 3.05) is 50.6 Å². The Labute approximate surface area is 235 Å². The quantitative estimate of drug-likeness (QED) is 0.469. The fourth-order valence-corrected chi connectivity index (χ4v) is 4.17. The van der Waals surface area contributed by atoms with Crippen molar-refractivity contribution in [3.8, 4) is 17.1 Å². The number of aromatic carboxylic acids is 1. The molecule has 33 heavy (non-hydrogen) atoms. The van der Waals surface area contributed by atoms with Crippen molar-refractivity contribution in [3.05, 3.63) is 41.3 Å². The summed E-state index contributed by atoms with van der Waals surface area (Å²) in [6.07, 6.45) is 2.91. The number of carbonyl (C=O) groups is 1. The van der Waals surface area contributed by atoms with Crippen LogP contribution in [0.25, 0.3) is 11.4 Å². The van der Waals surface area contributed by atoms with Crippen molar-refractivity contribution < 1.29 is 72.0 Å². The Bertz CT molecular complexity index is 1180. The Hall–Kier alpha value is -2.02. The maximum absolute atomic E-state index is 11.4. The van der Waals surface area contributed by atoms with E-state index in [4.69, 9.17) is 9.26 Å². The Morgan fingerprint density at radius 3 is 2.73 bits per heavy atom. The summed E-state index contributed by atoms with van der Waals surface area (Å²) >= 11 is 0. The molecule has 3 aromatic rings. The van der Waals surface area contributed by atoms with Crippen LogP contribution in [0.4, 0.5) is 17.3 Å². The van der Waals surface area contributed by atoms with Crippen LogP contribution in [-0.4, -0.2) is 71.4 Å². The number of nitrogens with zero attached hydrogens (tertiary/aromatic N) is 5. The molecular formula is C22H25KN6O4. The Kier molecular flexibility index (Phi) is 7.36. The van der Waals surface area contributed by atoms with Gasteiger partial charge in [0.1, 0.15) is 17.1 Å². The largest absolute Gasteiger partial charge is 1.00 e. The number of piperazine rings is 1. The van der Waals surface area contributed by atoms with Crippen LogP contribution < -0.4 is 66.3 Å². The van der Waals surface area contributed by atoms with Gasteiger partial charge in [-0.1, -0.05) is 5.16 Å². The van der Waals surface area contributed by atoms with Crippen LogP contribution in [0.15, 0.2) is 28.9 Å². The van der Waals surface area contributed by atoms with E-state index in [9.17, 15) is 9.90 Å². The van der Waals surface area contributed by atoms with Crippen LogP contribution in [0.2, 0.25) is 0 Å². The summed E-state index contributed by atoms with van der Waals surface area (Å²) in [4.78, 5) is 25.1. The van der Waals surface area contributed by atoms with E-state index in [-0.39, 0.29) is 58.6 Å². The monoisotopic (exact) mass is 476 g/mol. The minimum Gasteiger partial charge on any atom is -1.00 e. The van der Waals surface area contributed by atoms with E-state index in [0.29, 0.717) is 41.5 Å². The number of aryl methyl sites for hydroxylation is 1. The molecule has 0 unspecified atom stereocenters. The summed E-state index contributed by atoms with van der Waals surface area (Å²) < 4.78 is 10.7. The Balaban J connectivity index is 0.00000162. The van der Waals surface area contributed by atoms with Crippen molar-refractivity contribution in [2.45, 2.75) is 12.8 Å². The minimum atomic E-state index is -1.13. The molecule has 2 N–H and O–H groups in total. The van der Waals surface area contributed by atoms with E-state index in [0.717, 1.165) is 43.1 Å². The molecule has 0 saturated carbocycles. The number of methoxy groups -OCH3 is 1. The van der Waals surface area contributed by atoms with Crippen molar-refractivity contribution in [2.24, 2.45) is 0 Å². The van der Waals surface area contributed by atoms with Crippen LogP contribution in [0.5, 0.6) is 5.75 Å². The topological polar surface area (TPSA) is 117 Å². The Morgan fingerprint density at radius 2 is 2.00 bits per heavy atom. The third-order valence-electron chi connectivity index (χ3n) is 6.02. The van der Waals surface area contributed by atoms with Gasteiger partial charge in [0.15, 0.2) is 0 Å². The minimum absolute atomic E-state index is 0. The Morgan fingerprint density at radius 1 is 1.21 bits per heavy atom. The van der Waals surface area contributed by atoms with Crippen LogP contribution >= 0.6 is 0 Å². The predicted octanol–water partition coefficient (Wildman–Crippen LogP) is -0.451. The van der Waals surface area contributed by atoms with Crippen molar-refractivity contribution in [1.82, 2.24) is 20.0 Å². The summed E-state index contributed by atoms with van der Waals surface area (Å²) in [5.41, 5.74) is 4.39. The van der Waals surface area contributed by atoms with Crippen LogP contribution in [0, 0.1) is 0 Å². The first-order valence-corrected chi connectivity index (χ1v) is 10.5. The number of likely N-dealkylation sites (N-methyl/N-ethyl adjacent to an activating group) is 1. The van der Waals surface area contributed by atoms with Crippen molar-refractivity contribution in [1.29, 1.82) is 0 Å². The third kappa shape index (κ3) is 4.79. The maximum Gasteiger partial charge on any atom is 1.00 e. The van der Waals surface area contributed by atoms with Crippen molar-refractivity contribution >= 4 is 23.3 Å². The van der Waals surface area contributed by atoms with E-state index >= 15 is 0 Å². The molecule has 3 heterocycles. The first-order valence-electron chi connectivity index (χ1n) is 10.5. The summed E-state index contributed by atoms with van der Waals surface area (Å²) in [5, 5.41) is 16.5. The van der Waals surface area contributed by atoms with Gasteiger partial charge in [0.05, 0.1) is 12.8 Å². The summed E-state index contributed by atoms with van der Waals surface area (Å²) in [6, 6.07) is 6.03. The van der Waals surface area contributed by atoms with Gasteiger partial charge < -0.3 is 30.9 Å². The molecule has 1 fully saturated rings. The molecule has 1 aliphatic carbocycles. The number of aromatic nitrogens is 3. The maximum atomic E-state index is 11.4. The number of rotatable bonds is 5. The van der Waals surface area contributed by atoms with E-state index in [1.807, 2.05) is 12.1 Å². The zero-order valence-electron chi connectivity index (χ0n) is 20.0. The zero-order chi connectivity index (χ0) is 22.2. The molecule has 11 heteroatoms. The first kappa shape index (κ1) is 24.1. The second-order valence-corrected chi connectivity index (χ2v) is 8.01. The molecule has 10 nitrogen and oxygen atoms in total. The van der Waals surface area contributed by atoms with Crippen molar-refractivity contribution in [3.63, 3.8) is 0 Å². The van der Waals surface area contributed by atoms with Crippen LogP contribution in [0.1, 0.15) is 23.1 Å². The fourth-order valence-electron chi connectivity index (χ4n) is 4.17. The van der Waals surface area contributed by atoms with Gasteiger partial charge >= 0.3 is 57.4 Å². The van der Waals surface area contributed by atoms with Gasteiger partial charge in [-0.25, -0.2) is 14.8 Å². The second-order valence-electron chi connectivity index (χ2n) is 8.01. The number of benzene rings is 1. The molecule has 1 aromatic carbocycles. The first-order chi connectivity index (χ1) is 15.5. The summed E-state index contributed by atoms with van der Waals surface area (Å²) in [7, 11) is 3.77. The standard InChI is InChI=1S/C22H24N6O4.K.H/c1-27-7-9-28(10-8-27)14-4-6-16(17(11-14)31-2)24-22-23-12-13-3-5-15-19(18(13)25-22)26-32-20(15)21(29)30;;/h4,6,11-12H,3,5,7-10H2,1-2H3,(H,29,30)(H,23,24,25);;/q;+1;-1. The molecule has 1 aliphatic heterocycles. The van der Waals surface area contributed by atoms with E-state index < -0.39 is 5.97 Å². The van der Waals surface area contributed by atoms with Gasteiger partial charge in [0.25, 0.3) is 0 Å². The SMILES string of the molecule is COc1cc(N2CCN(C)CC2)ccc1Nc1ncc2c(n1)-c1noc(C(=O)O)c1CC2.[H-].[K+]. The average molecular weight is 477 g/mol. The van der Waals surface area contributed by atoms with Gasteiger partial charge in [-0.2, -0.15) is 0 Å². The molecule has 0 bridgehead atoms. The molecule has 1 saturated heterocycles. The number of hydrogen-bond donors (Lipinski definition) is 2. The summed E-state index contributed by atoms with van der Waals surface area (Å²) in [5.74, 6) is -0.181. The molecule has 2 aliphatic rings. The van der Waals surface area contributed by atoms with E-state index in [1.165, 1.54) is 0 Å². The van der Waals surface area contributed by atoms with Gasteiger partial charge in [0, 0.05) is 49.7 Å². The number of nitrogens with one attached hydrogen (secondary N) is 1. The van der Waals surface area contributed by atoms with Gasteiger partial charge in [0.2, 0.25) is 11.7 Å². The van der Waals surface area contributed by atoms with Gasteiger partial charge in [-0.05, 0) is 37.6 Å². The van der Waals surface area contributed by atoms with Crippen LogP contribution in [0.3, 0.4) is 0 Å². The van der Waals surface area contributed by atoms with E-state index in [2.05, 4.69) is 43.4 Å². The predicted molar refractivity (Wildman–Crippen MR) is 119 cm³/mol. The normalized spacial score (nSPS) is 15.3. The molecule has 0 radical (unpaired) electrons. The van der Waals surface area contributed by atoms with Crippen LogP contribution in [-0.2, 0) is 12.8 Å². The molecule has 5 rings (SSSR count). The molecule has 0 amide bonds. The number of fused-ring (bicyclic) bond motifs is 3. The number of ether oxygens (including phenoxy) is 1. The molecule has 0 spiro atoms. The molecule has 2 aromatic heterocycles. The second kappa shape index (κ2) is 10.1. The zero-order valence-corrected chi connectivity index (χ0v) is 22.1. The number of carboxylic acid groups (broad SMARTS) is 1. The van der Waals surface area contributed by atoms with E-state index in [1.54, 1.807) is 13.3 Å². The number of hydrogen-bond acceptors (Lipinski definition) is 9. The van der Waals surface area contributed by atoms with Gasteiger partial charge in [-0.15, -0.1) is 0 Å². The molecular weight excluding hydrogens is 451 g/mol. The smallest absolute Gasteiger partial charge is 1.00 e. The number of anilines is 3. The van der Waals surface area contributed by atoms with Gasteiger partial charge in [-0.3, -0.25) is 0 Å². The number of carboxylic acids is 1. The third-order valence-corrected chi connectivity index (χ3v) is 6.02. The molecule has 0 atom stereocenters. The average Bonchev–Trinajstić information content (AvgIpc) is 3.25.